The second kappa shape index (κ2) is 6.10. The minimum Gasteiger partial charge on any atom is -0.298 e. The summed E-state index contributed by atoms with van der Waals surface area (Å²) in [6, 6.07) is 7.24. The van der Waals surface area contributed by atoms with Crippen LogP contribution in [0.1, 0.15) is 26.3 Å². The summed E-state index contributed by atoms with van der Waals surface area (Å²) in [6.45, 7) is 1.77. The molecule has 2 aromatic carbocycles. The van der Waals surface area contributed by atoms with E-state index >= 15 is 0 Å². The number of carbonyl (C=O) groups excluding carboxylic acids is 2. The highest BCUT2D eigenvalue weighted by Crippen LogP contribution is 2.26. The van der Waals surface area contributed by atoms with E-state index in [0.717, 1.165) is 5.56 Å². The van der Waals surface area contributed by atoms with Gasteiger partial charge in [0.05, 0.1) is 11.1 Å². The van der Waals surface area contributed by atoms with E-state index in [4.69, 9.17) is 0 Å². The first kappa shape index (κ1) is 15.3. The molecule has 0 aliphatic heterocycles. The Morgan fingerprint density at radius 2 is 2.00 bits per heavy atom. The fourth-order valence-electron chi connectivity index (χ4n) is 2.02. The number of aldehydes is 1. The average Bonchev–Trinajstić information content (AvgIpc) is 2.46. The zero-order valence-corrected chi connectivity index (χ0v) is 12.2. The van der Waals surface area contributed by atoms with Gasteiger partial charge < -0.3 is 0 Å². The van der Waals surface area contributed by atoms with Gasteiger partial charge in [0.1, 0.15) is 5.82 Å². The number of rotatable bonds is 3. The molecule has 0 fully saturated rings. The summed E-state index contributed by atoms with van der Waals surface area (Å²) in [5, 5.41) is 0.401. The largest absolute Gasteiger partial charge is 0.379 e. The summed E-state index contributed by atoms with van der Waals surface area (Å²) in [5.41, 5.74) is 1.78. The number of hydrogen-bond acceptors (Lipinski definition) is 3. The molecule has 21 heavy (non-hydrogen) atoms. The Balaban J connectivity index is 2.61. The fraction of sp³-hybridized carbons (Fsp3) is 0.0667. The summed E-state index contributed by atoms with van der Waals surface area (Å²) < 4.78 is 25.8. The van der Waals surface area contributed by atoms with Crippen molar-refractivity contribution in [2.45, 2.75) is 6.92 Å². The van der Waals surface area contributed by atoms with Gasteiger partial charge in [0.2, 0.25) is 0 Å². The Morgan fingerprint density at radius 1 is 1.29 bits per heavy atom. The Hall–Kier alpha value is -2.13. The summed E-state index contributed by atoms with van der Waals surface area (Å²) >= 11 is 0. The summed E-state index contributed by atoms with van der Waals surface area (Å²) in [6.07, 6.45) is 0.436. The third kappa shape index (κ3) is 2.98. The van der Waals surface area contributed by atoms with Gasteiger partial charge in [-0.1, -0.05) is 6.07 Å². The van der Waals surface area contributed by atoms with Crippen LogP contribution in [0.15, 0.2) is 30.3 Å². The van der Waals surface area contributed by atoms with Gasteiger partial charge in [0, 0.05) is 4.53 Å². The average molecular weight is 308 g/mol. The maximum absolute atomic E-state index is 13.9. The SMILES string of the molecule is Cc1ccc(C(=O)OF)cc1-c1cc(F)c(C=O)c(P)c1. The lowest BCUT2D eigenvalue weighted by Crippen LogP contribution is -2.06. The normalized spacial score (nSPS) is 10.3. The molecule has 3 nitrogen and oxygen atoms in total. The molecule has 0 spiro atoms. The van der Waals surface area contributed by atoms with Crippen LogP contribution < -0.4 is 5.30 Å². The quantitative estimate of drug-likeness (QED) is 0.646. The molecule has 2 aromatic rings. The molecule has 6 heteroatoms. The van der Waals surface area contributed by atoms with Crippen molar-refractivity contribution in [3.05, 3.63) is 52.8 Å². The Morgan fingerprint density at radius 3 is 2.57 bits per heavy atom. The van der Waals surface area contributed by atoms with Crippen molar-refractivity contribution in [3.63, 3.8) is 0 Å². The topological polar surface area (TPSA) is 43.4 Å². The van der Waals surface area contributed by atoms with Crippen LogP contribution >= 0.6 is 9.24 Å². The second-order valence-corrected chi connectivity index (χ2v) is 5.10. The first-order chi connectivity index (χ1) is 9.97. The van der Waals surface area contributed by atoms with Gasteiger partial charge in [-0.2, -0.15) is 0 Å². The van der Waals surface area contributed by atoms with E-state index in [1.807, 2.05) is 0 Å². The van der Waals surface area contributed by atoms with Crippen LogP contribution in [0.4, 0.5) is 8.92 Å². The Labute approximate surface area is 122 Å². The summed E-state index contributed by atoms with van der Waals surface area (Å²) in [7, 11) is 2.28. The minimum atomic E-state index is -1.12. The van der Waals surface area contributed by atoms with Crippen LogP contribution in [-0.4, -0.2) is 12.3 Å². The van der Waals surface area contributed by atoms with E-state index in [1.165, 1.54) is 18.2 Å². The number of hydrogen-bond donors (Lipinski definition) is 0. The Bertz CT molecular complexity index is 706. The predicted molar refractivity (Wildman–Crippen MR) is 77.8 cm³/mol. The fourth-order valence-corrected chi connectivity index (χ4v) is 2.41. The predicted octanol–water partition coefficient (Wildman–Crippen LogP) is 3.16. The molecular formula is C15H11F2O3P. The van der Waals surface area contributed by atoms with Gasteiger partial charge in [-0.05, 0) is 53.2 Å². The molecule has 0 aromatic heterocycles. The van der Waals surface area contributed by atoms with Gasteiger partial charge in [-0.25, -0.2) is 14.1 Å². The van der Waals surface area contributed by atoms with Gasteiger partial charge in [-0.3, -0.25) is 4.79 Å². The van der Waals surface area contributed by atoms with E-state index in [9.17, 15) is 18.5 Å². The van der Waals surface area contributed by atoms with Crippen LogP contribution in [0.2, 0.25) is 0 Å². The smallest absolute Gasteiger partial charge is 0.298 e. The molecule has 0 radical (unpaired) electrons. The molecule has 1 unspecified atom stereocenters. The van der Waals surface area contributed by atoms with E-state index < -0.39 is 11.8 Å². The standard InChI is InChI=1S/C15H11F2O3P/c1-8-2-3-9(15(19)20-17)4-11(8)10-5-13(16)12(7-18)14(21)6-10/h2-7H,21H2,1H3. The summed E-state index contributed by atoms with van der Waals surface area (Å²) in [5.74, 6) is -1.78. The van der Waals surface area contributed by atoms with Crippen molar-refractivity contribution >= 4 is 26.8 Å². The second-order valence-electron chi connectivity index (χ2n) is 4.47. The minimum absolute atomic E-state index is 0.0169. The molecule has 2 rings (SSSR count). The lowest BCUT2D eigenvalue weighted by molar-refractivity contribution is -0.0787. The van der Waals surface area contributed by atoms with Crippen LogP contribution in [0.25, 0.3) is 11.1 Å². The van der Waals surface area contributed by atoms with Crippen molar-refractivity contribution in [2.75, 3.05) is 0 Å². The maximum Gasteiger partial charge on any atom is 0.379 e. The van der Waals surface area contributed by atoms with Crippen LogP contribution in [0.5, 0.6) is 0 Å². The highest BCUT2D eigenvalue weighted by molar-refractivity contribution is 7.27. The molecule has 0 amide bonds. The van der Waals surface area contributed by atoms with Gasteiger partial charge in [0.25, 0.3) is 0 Å². The van der Waals surface area contributed by atoms with E-state index in [2.05, 4.69) is 14.2 Å². The third-order valence-corrected chi connectivity index (χ3v) is 3.61. The van der Waals surface area contributed by atoms with Crippen molar-refractivity contribution in [1.82, 2.24) is 0 Å². The van der Waals surface area contributed by atoms with Crippen molar-refractivity contribution in [3.8, 4) is 11.1 Å². The molecule has 0 saturated carbocycles. The molecule has 0 aliphatic rings. The van der Waals surface area contributed by atoms with Crippen molar-refractivity contribution in [1.29, 1.82) is 0 Å². The van der Waals surface area contributed by atoms with E-state index in [-0.39, 0.29) is 11.1 Å². The van der Waals surface area contributed by atoms with Crippen LogP contribution in [-0.2, 0) is 4.94 Å². The molecule has 0 heterocycles. The van der Waals surface area contributed by atoms with Gasteiger partial charge >= 0.3 is 5.97 Å². The van der Waals surface area contributed by atoms with Crippen LogP contribution in [0.3, 0.4) is 0 Å². The monoisotopic (exact) mass is 308 g/mol. The summed E-state index contributed by atoms with van der Waals surface area (Å²) in [4.78, 5) is 25.2. The zero-order chi connectivity index (χ0) is 15.6. The highest BCUT2D eigenvalue weighted by Gasteiger charge is 2.14. The first-order valence-electron chi connectivity index (χ1n) is 5.96. The third-order valence-electron chi connectivity index (χ3n) is 3.13. The van der Waals surface area contributed by atoms with E-state index in [0.29, 0.717) is 22.7 Å². The number of halogens is 2. The molecule has 0 bridgehead atoms. The molecule has 0 saturated heterocycles. The molecule has 0 aliphatic carbocycles. The first-order valence-corrected chi connectivity index (χ1v) is 6.53. The maximum atomic E-state index is 13.9. The number of carbonyl (C=O) groups is 2. The van der Waals surface area contributed by atoms with Crippen molar-refractivity contribution in [2.24, 2.45) is 0 Å². The highest BCUT2D eigenvalue weighted by atomic mass is 31.0. The zero-order valence-electron chi connectivity index (χ0n) is 11.0. The lowest BCUT2D eigenvalue weighted by atomic mass is 9.97. The number of benzene rings is 2. The molecule has 0 N–H and O–H groups in total. The lowest BCUT2D eigenvalue weighted by Gasteiger charge is -2.10. The van der Waals surface area contributed by atoms with Crippen LogP contribution in [0, 0.1) is 12.7 Å². The van der Waals surface area contributed by atoms with Crippen molar-refractivity contribution < 1.29 is 23.4 Å². The van der Waals surface area contributed by atoms with E-state index in [1.54, 1.807) is 19.1 Å². The number of aryl methyl sites for hydroxylation is 1. The molecule has 108 valence electrons. The van der Waals surface area contributed by atoms with Gasteiger partial charge in [0.15, 0.2) is 6.29 Å². The molecule has 1 atom stereocenters. The van der Waals surface area contributed by atoms with Gasteiger partial charge in [-0.15, -0.1) is 9.24 Å². The Kier molecular flexibility index (Phi) is 4.43. The molecular weight excluding hydrogens is 297 g/mol.